The number of fused-ring (bicyclic) bond motifs is 1. The van der Waals surface area contributed by atoms with E-state index in [9.17, 15) is 4.39 Å². The van der Waals surface area contributed by atoms with Crippen molar-refractivity contribution < 1.29 is 19.0 Å². The van der Waals surface area contributed by atoms with E-state index in [-0.39, 0.29) is 18.5 Å². The Kier molecular flexibility index (Phi) is 8.11. The summed E-state index contributed by atoms with van der Waals surface area (Å²) in [5.41, 5.74) is 2.47. The van der Waals surface area contributed by atoms with E-state index in [1.165, 1.54) is 28.6 Å². The van der Waals surface area contributed by atoms with E-state index in [0.29, 0.717) is 31.3 Å². The van der Waals surface area contributed by atoms with Crippen molar-refractivity contribution in [2.75, 3.05) is 26.4 Å². The number of nitrogens with zero attached hydrogens (tertiary/aromatic N) is 1. The largest absolute Gasteiger partial charge is 0.490 e. The van der Waals surface area contributed by atoms with Crippen molar-refractivity contribution in [2.24, 2.45) is 0 Å². The van der Waals surface area contributed by atoms with Crippen LogP contribution in [0.4, 0.5) is 4.39 Å². The van der Waals surface area contributed by atoms with Crippen molar-refractivity contribution in [3.05, 3.63) is 60.0 Å². The number of aliphatic hydroxyl groups is 1. The van der Waals surface area contributed by atoms with Gasteiger partial charge in [-0.25, -0.2) is 4.39 Å². The summed E-state index contributed by atoms with van der Waals surface area (Å²) < 4.78 is 26.9. The van der Waals surface area contributed by atoms with Crippen LogP contribution < -0.4 is 14.8 Å². The number of ether oxygens (including phenoxy) is 2. The summed E-state index contributed by atoms with van der Waals surface area (Å²) in [6, 6.07) is 13.3. The number of aromatic nitrogens is 1. The van der Waals surface area contributed by atoms with Gasteiger partial charge in [-0.05, 0) is 68.0 Å². The van der Waals surface area contributed by atoms with Crippen LogP contribution >= 0.6 is 0 Å². The molecule has 6 heteroatoms. The molecule has 3 aromatic rings. The number of nitrogens with one attached hydrogen (secondary N) is 1. The quantitative estimate of drug-likeness (QED) is 0.437. The monoisotopic (exact) mass is 414 g/mol. The molecule has 0 aliphatic carbocycles. The van der Waals surface area contributed by atoms with Gasteiger partial charge in [0, 0.05) is 43.5 Å². The second kappa shape index (κ2) is 11.0. The lowest BCUT2D eigenvalue weighted by molar-refractivity contribution is 0.271. The Morgan fingerprint density at radius 3 is 2.77 bits per heavy atom. The summed E-state index contributed by atoms with van der Waals surface area (Å²) in [5.74, 6) is 0.656. The third-order valence-corrected chi connectivity index (χ3v) is 4.99. The molecule has 0 aliphatic rings. The van der Waals surface area contributed by atoms with E-state index >= 15 is 0 Å². The number of aryl methyl sites for hydroxylation is 1. The highest BCUT2D eigenvalue weighted by Gasteiger charge is 2.09. The van der Waals surface area contributed by atoms with Crippen LogP contribution in [0, 0.1) is 5.82 Å². The lowest BCUT2D eigenvalue weighted by Crippen LogP contribution is -2.31. The lowest BCUT2D eigenvalue weighted by Gasteiger charge is -2.16. The molecule has 2 N–H and O–H groups in total. The second-order valence-electron chi connectivity index (χ2n) is 7.41. The molecule has 1 aromatic heterocycles. The Hall–Kier alpha value is -2.57. The Bertz CT molecular complexity index is 941. The standard InChI is InChI=1S/C24H31FN2O3/c1-3-29-23-8-6-21(25)17-24(23)30-14-10-26-18(2)15-19-5-7-22-20(16-19)9-12-27(22)11-4-13-28/h5-9,12,16-18,26,28H,3-4,10-11,13-15H2,1-2H3/t18-/m1/s1. The minimum atomic E-state index is -0.338. The van der Waals surface area contributed by atoms with Crippen molar-refractivity contribution in [1.82, 2.24) is 9.88 Å². The molecule has 0 amide bonds. The van der Waals surface area contributed by atoms with Gasteiger partial charge >= 0.3 is 0 Å². The Balaban J connectivity index is 1.48. The molecule has 5 nitrogen and oxygen atoms in total. The summed E-state index contributed by atoms with van der Waals surface area (Å²) in [7, 11) is 0. The molecule has 30 heavy (non-hydrogen) atoms. The first kappa shape index (κ1) is 22.1. The summed E-state index contributed by atoms with van der Waals surface area (Å²) in [6.07, 6.45) is 3.74. The average molecular weight is 415 g/mol. The van der Waals surface area contributed by atoms with E-state index in [4.69, 9.17) is 14.6 Å². The molecule has 0 saturated carbocycles. The fraction of sp³-hybridized carbons (Fsp3) is 0.417. The van der Waals surface area contributed by atoms with Gasteiger partial charge in [0.25, 0.3) is 0 Å². The molecule has 1 atom stereocenters. The van der Waals surface area contributed by atoms with Gasteiger partial charge in [0.1, 0.15) is 12.4 Å². The summed E-state index contributed by atoms with van der Waals surface area (Å²) in [4.78, 5) is 0. The van der Waals surface area contributed by atoms with Gasteiger partial charge in [0.2, 0.25) is 0 Å². The molecular formula is C24H31FN2O3. The van der Waals surface area contributed by atoms with E-state index < -0.39 is 0 Å². The highest BCUT2D eigenvalue weighted by molar-refractivity contribution is 5.80. The first-order valence-electron chi connectivity index (χ1n) is 10.6. The van der Waals surface area contributed by atoms with Crippen LogP contribution in [0.3, 0.4) is 0 Å². The zero-order valence-corrected chi connectivity index (χ0v) is 17.7. The van der Waals surface area contributed by atoms with Gasteiger partial charge in [-0.15, -0.1) is 0 Å². The normalized spacial score (nSPS) is 12.3. The van der Waals surface area contributed by atoms with Crippen LogP contribution in [-0.4, -0.2) is 42.1 Å². The zero-order chi connectivity index (χ0) is 21.3. The number of benzene rings is 2. The molecule has 162 valence electrons. The molecule has 1 heterocycles. The van der Waals surface area contributed by atoms with Crippen molar-refractivity contribution in [2.45, 2.75) is 39.3 Å². The van der Waals surface area contributed by atoms with Crippen LogP contribution in [0.2, 0.25) is 0 Å². The molecule has 0 bridgehead atoms. The molecule has 0 radical (unpaired) electrons. The summed E-state index contributed by atoms with van der Waals surface area (Å²) in [6.45, 7) is 6.66. The average Bonchev–Trinajstić information content (AvgIpc) is 3.13. The zero-order valence-electron chi connectivity index (χ0n) is 17.7. The number of hydrogen-bond acceptors (Lipinski definition) is 4. The number of halogens is 1. The molecular weight excluding hydrogens is 383 g/mol. The Morgan fingerprint density at radius 2 is 1.97 bits per heavy atom. The maximum atomic E-state index is 13.5. The predicted octanol–water partition coefficient (Wildman–Crippen LogP) is 4.16. The van der Waals surface area contributed by atoms with Crippen molar-refractivity contribution in [3.63, 3.8) is 0 Å². The van der Waals surface area contributed by atoms with E-state index in [1.807, 2.05) is 6.92 Å². The number of aliphatic hydroxyl groups excluding tert-OH is 1. The highest BCUT2D eigenvalue weighted by Crippen LogP contribution is 2.27. The molecule has 2 aromatic carbocycles. The van der Waals surface area contributed by atoms with E-state index in [1.54, 1.807) is 6.07 Å². The molecule has 0 spiro atoms. The van der Waals surface area contributed by atoms with Crippen LogP contribution in [0.5, 0.6) is 11.5 Å². The van der Waals surface area contributed by atoms with Gasteiger partial charge in [-0.3, -0.25) is 0 Å². The minimum absolute atomic E-state index is 0.205. The second-order valence-corrected chi connectivity index (χ2v) is 7.41. The minimum Gasteiger partial charge on any atom is -0.490 e. The van der Waals surface area contributed by atoms with Crippen LogP contribution in [0.25, 0.3) is 10.9 Å². The molecule has 3 rings (SSSR count). The van der Waals surface area contributed by atoms with Crippen LogP contribution in [0.15, 0.2) is 48.7 Å². The van der Waals surface area contributed by atoms with Crippen molar-refractivity contribution in [3.8, 4) is 11.5 Å². The van der Waals surface area contributed by atoms with Gasteiger partial charge in [-0.2, -0.15) is 0 Å². The number of hydrogen-bond donors (Lipinski definition) is 2. The number of rotatable bonds is 12. The predicted molar refractivity (Wildman–Crippen MR) is 118 cm³/mol. The SMILES string of the molecule is CCOc1ccc(F)cc1OCCN[C@H](C)Cc1ccc2c(ccn2CCCO)c1. The first-order valence-corrected chi connectivity index (χ1v) is 10.6. The third-order valence-electron chi connectivity index (χ3n) is 4.99. The third kappa shape index (κ3) is 5.97. The van der Waals surface area contributed by atoms with Gasteiger partial charge in [0.15, 0.2) is 11.5 Å². The molecule has 0 fully saturated rings. The Labute approximate surface area is 177 Å². The molecule has 0 unspecified atom stereocenters. The highest BCUT2D eigenvalue weighted by atomic mass is 19.1. The fourth-order valence-corrected chi connectivity index (χ4v) is 3.57. The van der Waals surface area contributed by atoms with Gasteiger partial charge in [-0.1, -0.05) is 6.07 Å². The van der Waals surface area contributed by atoms with E-state index in [0.717, 1.165) is 19.4 Å². The van der Waals surface area contributed by atoms with Crippen LogP contribution in [-0.2, 0) is 13.0 Å². The van der Waals surface area contributed by atoms with Gasteiger partial charge in [0.05, 0.1) is 6.61 Å². The fourth-order valence-electron chi connectivity index (χ4n) is 3.57. The Morgan fingerprint density at radius 1 is 1.10 bits per heavy atom. The van der Waals surface area contributed by atoms with Crippen molar-refractivity contribution >= 4 is 10.9 Å². The van der Waals surface area contributed by atoms with E-state index in [2.05, 4.69) is 47.3 Å². The summed E-state index contributed by atoms with van der Waals surface area (Å²) >= 11 is 0. The topological polar surface area (TPSA) is 55.7 Å². The van der Waals surface area contributed by atoms with Gasteiger partial charge < -0.3 is 24.5 Å². The maximum Gasteiger partial charge on any atom is 0.164 e. The smallest absolute Gasteiger partial charge is 0.164 e. The molecule has 0 aliphatic heterocycles. The molecule has 0 saturated heterocycles. The maximum absolute atomic E-state index is 13.5. The first-order chi connectivity index (χ1) is 14.6. The van der Waals surface area contributed by atoms with Crippen molar-refractivity contribution in [1.29, 1.82) is 0 Å². The lowest BCUT2D eigenvalue weighted by atomic mass is 10.1. The summed E-state index contributed by atoms with van der Waals surface area (Å²) in [5, 5.41) is 13.7. The van der Waals surface area contributed by atoms with Crippen LogP contribution in [0.1, 0.15) is 25.8 Å².